The van der Waals surface area contributed by atoms with Crippen LogP contribution in [0.2, 0.25) is 0 Å². The molecule has 0 saturated heterocycles. The van der Waals surface area contributed by atoms with Crippen molar-refractivity contribution >= 4 is 29.1 Å². The van der Waals surface area contributed by atoms with Crippen LogP contribution < -0.4 is 10.6 Å². The van der Waals surface area contributed by atoms with Gasteiger partial charge >= 0.3 is 5.97 Å². The van der Waals surface area contributed by atoms with Crippen LogP contribution in [0, 0.1) is 25.7 Å². The summed E-state index contributed by atoms with van der Waals surface area (Å²) in [5, 5.41) is 19.7. The van der Waals surface area contributed by atoms with Crippen molar-refractivity contribution in [2.45, 2.75) is 39.5 Å². The molecule has 1 aliphatic rings. The Balaban J connectivity index is 1.36. The Hall–Kier alpha value is -4.67. The Kier molecular flexibility index (Phi) is 7.07. The Morgan fingerprint density at radius 1 is 0.947 bits per heavy atom. The highest BCUT2D eigenvalue weighted by Crippen LogP contribution is 2.34. The molecule has 1 saturated carbocycles. The molecule has 1 amide bonds. The van der Waals surface area contributed by atoms with Crippen molar-refractivity contribution in [3.63, 3.8) is 0 Å². The normalized spacial score (nSPS) is 17.1. The zero-order chi connectivity index (χ0) is 26.6. The van der Waals surface area contributed by atoms with Crippen molar-refractivity contribution in [1.82, 2.24) is 25.1 Å². The van der Waals surface area contributed by atoms with Gasteiger partial charge < -0.3 is 20.3 Å². The van der Waals surface area contributed by atoms with Gasteiger partial charge in [-0.15, -0.1) is 0 Å². The lowest BCUT2D eigenvalue weighted by atomic mass is 9.78. The number of amides is 1. The number of aromatic nitrogens is 5. The molecule has 0 unspecified atom stereocenters. The monoisotopic (exact) mass is 513 g/mol. The third kappa shape index (κ3) is 5.22. The molecule has 0 aliphatic heterocycles. The van der Waals surface area contributed by atoms with E-state index < -0.39 is 17.8 Å². The number of aryl methyl sites for hydroxylation is 2. The number of carboxylic acid groups (broad SMARTS) is 1. The maximum Gasteiger partial charge on any atom is 0.307 e. The summed E-state index contributed by atoms with van der Waals surface area (Å²) in [6, 6.07) is 7.19. The van der Waals surface area contributed by atoms with Crippen LogP contribution in [0.3, 0.4) is 0 Å². The van der Waals surface area contributed by atoms with E-state index >= 15 is 0 Å². The van der Waals surface area contributed by atoms with E-state index in [0.29, 0.717) is 58.6 Å². The molecule has 0 aromatic carbocycles. The predicted octanol–water partition coefficient (Wildman–Crippen LogP) is 4.78. The lowest BCUT2D eigenvalue weighted by molar-refractivity contribution is -0.147. The van der Waals surface area contributed by atoms with E-state index in [4.69, 9.17) is 4.52 Å². The van der Waals surface area contributed by atoms with E-state index in [0.717, 1.165) is 18.4 Å². The first-order valence-corrected chi connectivity index (χ1v) is 12.4. The number of carboxylic acids is 1. The molecule has 2 atom stereocenters. The molecule has 1 fully saturated rings. The minimum Gasteiger partial charge on any atom is -0.481 e. The summed E-state index contributed by atoms with van der Waals surface area (Å²) in [7, 11) is 0. The van der Waals surface area contributed by atoms with Crippen LogP contribution in [-0.4, -0.2) is 42.1 Å². The number of hydrogen-bond donors (Lipinski definition) is 3. The number of anilines is 3. The maximum absolute atomic E-state index is 12.9. The second-order valence-corrected chi connectivity index (χ2v) is 9.28. The van der Waals surface area contributed by atoms with E-state index in [1.165, 1.54) is 0 Å². The molecule has 1 aliphatic carbocycles. The molecule has 0 bridgehead atoms. The largest absolute Gasteiger partial charge is 0.481 e. The second-order valence-electron chi connectivity index (χ2n) is 9.28. The quantitative estimate of drug-likeness (QED) is 0.314. The lowest BCUT2D eigenvalue weighted by Gasteiger charge is -2.27. The van der Waals surface area contributed by atoms with Gasteiger partial charge in [0.25, 0.3) is 0 Å². The van der Waals surface area contributed by atoms with Crippen LogP contribution in [0.25, 0.3) is 22.7 Å². The van der Waals surface area contributed by atoms with Crippen LogP contribution in [0.1, 0.15) is 37.1 Å². The highest BCUT2D eigenvalue weighted by molar-refractivity contribution is 5.95. The minimum atomic E-state index is -0.925. The van der Waals surface area contributed by atoms with E-state index in [1.807, 2.05) is 12.1 Å². The van der Waals surface area contributed by atoms with Crippen molar-refractivity contribution < 1.29 is 19.2 Å². The van der Waals surface area contributed by atoms with Crippen LogP contribution in [-0.2, 0) is 9.59 Å². The van der Waals surface area contributed by atoms with E-state index in [-0.39, 0.29) is 5.91 Å². The van der Waals surface area contributed by atoms with Crippen LogP contribution in [0.15, 0.2) is 53.6 Å². The number of nitrogens with one attached hydrogen (secondary N) is 2. The van der Waals surface area contributed by atoms with Gasteiger partial charge in [-0.1, -0.05) is 18.0 Å². The maximum atomic E-state index is 12.9. The zero-order valence-electron chi connectivity index (χ0n) is 21.0. The van der Waals surface area contributed by atoms with E-state index in [9.17, 15) is 14.7 Å². The lowest BCUT2D eigenvalue weighted by Crippen LogP contribution is -2.36. The summed E-state index contributed by atoms with van der Waals surface area (Å²) in [6.07, 6.45) is 9.41. The molecule has 0 spiro atoms. The summed E-state index contributed by atoms with van der Waals surface area (Å²) >= 11 is 0. The van der Waals surface area contributed by atoms with Crippen molar-refractivity contribution in [2.75, 3.05) is 10.6 Å². The Labute approximate surface area is 218 Å². The zero-order valence-corrected chi connectivity index (χ0v) is 21.0. The minimum absolute atomic E-state index is 0.292. The fourth-order valence-corrected chi connectivity index (χ4v) is 4.68. The summed E-state index contributed by atoms with van der Waals surface area (Å²) in [4.78, 5) is 42.2. The highest BCUT2D eigenvalue weighted by Gasteiger charge is 2.36. The molecule has 5 rings (SSSR count). The first-order chi connectivity index (χ1) is 18.4. The van der Waals surface area contributed by atoms with Gasteiger partial charge in [0.1, 0.15) is 22.9 Å². The molecule has 4 aromatic heterocycles. The van der Waals surface area contributed by atoms with Crippen LogP contribution in [0.4, 0.5) is 17.2 Å². The standard InChI is InChI=1S/C27H27N7O4/c1-15-20(32-26(35)18-7-3-4-8-19(18)27(36)37)9-10-21(30-15)25-24(16(2)34-38-25)33-23-14-29-13-22(31-23)17-6-5-11-28-12-17/h5-6,9-14,18-19H,3-4,7-8H2,1-2H3,(H,31,33)(H,32,35)(H,36,37)/t18-,19-/m0/s1. The predicted molar refractivity (Wildman–Crippen MR) is 139 cm³/mol. The first kappa shape index (κ1) is 25.0. The average molecular weight is 514 g/mol. The highest BCUT2D eigenvalue weighted by atomic mass is 16.5. The number of pyridine rings is 2. The topological polar surface area (TPSA) is 156 Å². The smallest absolute Gasteiger partial charge is 0.307 e. The van der Waals surface area contributed by atoms with Crippen molar-refractivity contribution in [3.05, 3.63) is 60.4 Å². The van der Waals surface area contributed by atoms with Gasteiger partial charge in [-0.25, -0.2) is 9.97 Å². The Morgan fingerprint density at radius 2 is 1.76 bits per heavy atom. The Morgan fingerprint density at radius 3 is 2.50 bits per heavy atom. The molecular formula is C27H27N7O4. The molecule has 3 N–H and O–H groups in total. The van der Waals surface area contributed by atoms with Gasteiger partial charge in [0.15, 0.2) is 0 Å². The van der Waals surface area contributed by atoms with Crippen LogP contribution >= 0.6 is 0 Å². The number of nitrogens with zero attached hydrogens (tertiary/aromatic N) is 5. The summed E-state index contributed by atoms with van der Waals surface area (Å²) < 4.78 is 5.59. The number of carbonyl (C=O) groups is 2. The number of hydrogen-bond acceptors (Lipinski definition) is 9. The fourth-order valence-electron chi connectivity index (χ4n) is 4.68. The van der Waals surface area contributed by atoms with Gasteiger partial charge in [0.05, 0.1) is 41.3 Å². The molecule has 4 aromatic rings. The summed E-state index contributed by atoms with van der Waals surface area (Å²) in [5.41, 5.74) is 4.31. The van der Waals surface area contributed by atoms with Gasteiger partial charge in [-0.3, -0.25) is 19.6 Å². The van der Waals surface area contributed by atoms with Gasteiger partial charge in [0.2, 0.25) is 11.7 Å². The summed E-state index contributed by atoms with van der Waals surface area (Å²) in [5.74, 6) is -1.53. The molecule has 0 radical (unpaired) electrons. The van der Waals surface area contributed by atoms with Crippen LogP contribution in [0.5, 0.6) is 0 Å². The van der Waals surface area contributed by atoms with Crippen molar-refractivity contribution in [1.29, 1.82) is 0 Å². The van der Waals surface area contributed by atoms with E-state index in [1.54, 1.807) is 50.8 Å². The van der Waals surface area contributed by atoms with E-state index in [2.05, 4.69) is 35.7 Å². The third-order valence-electron chi connectivity index (χ3n) is 6.70. The molecule has 11 nitrogen and oxygen atoms in total. The van der Waals surface area contributed by atoms with Crippen molar-refractivity contribution in [3.8, 4) is 22.7 Å². The first-order valence-electron chi connectivity index (χ1n) is 12.4. The fraction of sp³-hybridized carbons (Fsp3) is 0.296. The molecule has 38 heavy (non-hydrogen) atoms. The number of carbonyl (C=O) groups excluding carboxylic acids is 1. The molecule has 4 heterocycles. The number of aliphatic carboxylic acids is 1. The van der Waals surface area contributed by atoms with Gasteiger partial charge in [-0.2, -0.15) is 0 Å². The molecular weight excluding hydrogens is 486 g/mol. The molecule has 194 valence electrons. The molecule has 11 heteroatoms. The van der Waals surface area contributed by atoms with Crippen molar-refractivity contribution in [2.24, 2.45) is 11.8 Å². The second kappa shape index (κ2) is 10.8. The average Bonchev–Trinajstić information content (AvgIpc) is 3.30. The third-order valence-corrected chi connectivity index (χ3v) is 6.70. The SMILES string of the molecule is Cc1nc(-c2onc(C)c2Nc2cncc(-c3cccnc3)n2)ccc1NC(=O)[C@H]1CCCC[C@@H]1C(=O)O. The number of rotatable bonds is 7. The summed E-state index contributed by atoms with van der Waals surface area (Å²) in [6.45, 7) is 3.58. The van der Waals surface area contributed by atoms with Gasteiger partial charge in [0, 0.05) is 18.0 Å². The Bertz CT molecular complexity index is 1470. The van der Waals surface area contributed by atoms with Gasteiger partial charge in [-0.05, 0) is 51.0 Å².